The lowest BCUT2D eigenvalue weighted by atomic mass is 9.72. The van der Waals surface area contributed by atoms with Crippen LogP contribution in [0.5, 0.6) is 0 Å². The summed E-state index contributed by atoms with van der Waals surface area (Å²) < 4.78 is 0. The fourth-order valence-corrected chi connectivity index (χ4v) is 6.26. The second-order valence-electron chi connectivity index (χ2n) is 10.4. The Bertz CT molecular complexity index is 1030. The van der Waals surface area contributed by atoms with Crippen LogP contribution in [0, 0.1) is 5.41 Å². The number of carbonyl (C=O) groups is 3. The lowest BCUT2D eigenvalue weighted by molar-refractivity contribution is -0.141. The SMILES string of the molecule is CC(=O)Nc1ccc(CC2(C(=O)NC3CCCCC3)CCN(C(=O)C(N)Cc3cccs3)CC2)cc1.Cl. The fourth-order valence-electron chi connectivity index (χ4n) is 5.49. The first-order valence-corrected chi connectivity index (χ1v) is 14.0. The van der Waals surface area contributed by atoms with Crippen molar-refractivity contribution in [2.45, 2.75) is 76.8 Å². The van der Waals surface area contributed by atoms with Gasteiger partial charge in [0.25, 0.3) is 0 Å². The maximum Gasteiger partial charge on any atom is 0.239 e. The molecule has 1 saturated heterocycles. The Morgan fingerprint density at radius 1 is 1.08 bits per heavy atom. The number of piperidine rings is 1. The molecule has 7 nitrogen and oxygen atoms in total. The Balaban J connectivity index is 0.00000380. The molecule has 1 unspecified atom stereocenters. The van der Waals surface area contributed by atoms with Gasteiger partial charge in [0.05, 0.1) is 11.5 Å². The van der Waals surface area contributed by atoms with Crippen LogP contribution in [0.15, 0.2) is 41.8 Å². The molecule has 2 aliphatic rings. The van der Waals surface area contributed by atoms with Gasteiger partial charge in [-0.1, -0.05) is 37.5 Å². The molecule has 2 heterocycles. The summed E-state index contributed by atoms with van der Waals surface area (Å²) in [4.78, 5) is 41.1. The predicted molar refractivity (Wildman–Crippen MR) is 151 cm³/mol. The number of carbonyl (C=O) groups excluding carboxylic acids is 3. The maximum atomic E-state index is 13.7. The molecule has 0 bridgehead atoms. The highest BCUT2D eigenvalue weighted by atomic mass is 35.5. The van der Waals surface area contributed by atoms with E-state index < -0.39 is 11.5 Å². The number of thiophene rings is 1. The van der Waals surface area contributed by atoms with E-state index in [2.05, 4.69) is 10.6 Å². The van der Waals surface area contributed by atoms with Crippen molar-refractivity contribution in [3.63, 3.8) is 0 Å². The number of nitrogens with two attached hydrogens (primary N) is 1. The summed E-state index contributed by atoms with van der Waals surface area (Å²) in [6.45, 7) is 2.54. The first-order valence-electron chi connectivity index (χ1n) is 13.1. The third-order valence-electron chi connectivity index (χ3n) is 7.59. The van der Waals surface area contributed by atoms with Crippen LogP contribution in [0.3, 0.4) is 0 Å². The summed E-state index contributed by atoms with van der Waals surface area (Å²) in [5.74, 6) is -0.0416. The normalized spacial score (nSPS) is 18.4. The van der Waals surface area contributed by atoms with E-state index in [0.29, 0.717) is 38.8 Å². The molecule has 1 aliphatic heterocycles. The van der Waals surface area contributed by atoms with Crippen molar-refractivity contribution >= 4 is 47.2 Å². The van der Waals surface area contributed by atoms with E-state index in [9.17, 15) is 14.4 Å². The van der Waals surface area contributed by atoms with Gasteiger partial charge in [0.1, 0.15) is 0 Å². The van der Waals surface area contributed by atoms with Gasteiger partial charge in [0, 0.05) is 43.0 Å². The number of anilines is 1. The number of benzene rings is 1. The lowest BCUT2D eigenvalue weighted by Crippen LogP contribution is -2.55. The van der Waals surface area contributed by atoms with Gasteiger partial charge < -0.3 is 21.3 Å². The summed E-state index contributed by atoms with van der Waals surface area (Å²) in [6, 6.07) is 11.4. The van der Waals surface area contributed by atoms with Crippen molar-refractivity contribution in [3.8, 4) is 0 Å². The Morgan fingerprint density at radius 3 is 2.35 bits per heavy atom. The number of amides is 3. The lowest BCUT2D eigenvalue weighted by Gasteiger charge is -2.42. The minimum absolute atomic E-state index is 0. The highest BCUT2D eigenvalue weighted by Gasteiger charge is 2.43. The number of halogens is 1. The summed E-state index contributed by atoms with van der Waals surface area (Å²) in [6.07, 6.45) is 7.99. The van der Waals surface area contributed by atoms with Crippen molar-refractivity contribution in [3.05, 3.63) is 52.2 Å². The van der Waals surface area contributed by atoms with Crippen LogP contribution < -0.4 is 16.4 Å². The molecule has 1 aromatic heterocycles. The molecule has 202 valence electrons. The zero-order valence-electron chi connectivity index (χ0n) is 21.5. The average Bonchev–Trinajstić information content (AvgIpc) is 3.38. The topological polar surface area (TPSA) is 105 Å². The molecule has 1 saturated carbocycles. The van der Waals surface area contributed by atoms with E-state index >= 15 is 0 Å². The molecule has 0 spiro atoms. The highest BCUT2D eigenvalue weighted by molar-refractivity contribution is 7.09. The van der Waals surface area contributed by atoms with Gasteiger partial charge in [0.15, 0.2) is 0 Å². The van der Waals surface area contributed by atoms with Gasteiger partial charge in [-0.2, -0.15) is 0 Å². The predicted octanol–water partition coefficient (Wildman–Crippen LogP) is 4.30. The monoisotopic (exact) mass is 546 g/mol. The van der Waals surface area contributed by atoms with Crippen LogP contribution in [0.4, 0.5) is 5.69 Å². The smallest absolute Gasteiger partial charge is 0.239 e. The van der Waals surface area contributed by atoms with Crippen LogP contribution in [-0.2, 0) is 27.2 Å². The Labute approximate surface area is 230 Å². The number of likely N-dealkylation sites (tertiary alicyclic amines) is 1. The van der Waals surface area contributed by atoms with Gasteiger partial charge in [0.2, 0.25) is 17.7 Å². The standard InChI is InChI=1S/C28H38N4O3S.ClH/c1-20(33)30-23-11-9-21(10-12-23)19-28(27(35)31-22-6-3-2-4-7-22)13-15-32(16-14-28)26(34)25(29)18-24-8-5-17-36-24;/h5,8-12,17,22,25H,2-4,6-7,13-16,18-19,29H2,1H3,(H,30,33)(H,31,35);1H. The van der Waals surface area contributed by atoms with Gasteiger partial charge in [-0.15, -0.1) is 23.7 Å². The summed E-state index contributed by atoms with van der Waals surface area (Å²) >= 11 is 1.61. The molecule has 2 fully saturated rings. The third kappa shape index (κ3) is 7.79. The molecule has 2 aromatic rings. The molecule has 1 aromatic carbocycles. The number of hydrogen-bond acceptors (Lipinski definition) is 5. The van der Waals surface area contributed by atoms with E-state index in [1.165, 1.54) is 13.3 Å². The van der Waals surface area contributed by atoms with E-state index in [4.69, 9.17) is 5.73 Å². The maximum absolute atomic E-state index is 13.7. The van der Waals surface area contributed by atoms with E-state index in [1.54, 1.807) is 11.3 Å². The second-order valence-corrected chi connectivity index (χ2v) is 11.4. The molecular formula is C28H39ClN4O3S. The first kappa shape index (κ1) is 29.1. The van der Waals surface area contributed by atoms with Crippen LogP contribution in [-0.4, -0.2) is 47.8 Å². The molecule has 37 heavy (non-hydrogen) atoms. The van der Waals surface area contributed by atoms with E-state index in [0.717, 1.165) is 41.8 Å². The molecule has 3 amide bonds. The first-order chi connectivity index (χ1) is 17.3. The Morgan fingerprint density at radius 2 is 1.76 bits per heavy atom. The van der Waals surface area contributed by atoms with Gasteiger partial charge >= 0.3 is 0 Å². The largest absolute Gasteiger partial charge is 0.353 e. The molecule has 0 radical (unpaired) electrons. The van der Waals surface area contributed by atoms with Crippen molar-refractivity contribution in [2.75, 3.05) is 18.4 Å². The van der Waals surface area contributed by atoms with Crippen LogP contribution >= 0.6 is 23.7 Å². The van der Waals surface area contributed by atoms with Crippen molar-refractivity contribution < 1.29 is 14.4 Å². The fraction of sp³-hybridized carbons (Fsp3) is 0.536. The van der Waals surface area contributed by atoms with E-state index in [-0.39, 0.29) is 36.2 Å². The highest BCUT2D eigenvalue weighted by Crippen LogP contribution is 2.37. The van der Waals surface area contributed by atoms with Crippen molar-refractivity contribution in [1.29, 1.82) is 0 Å². The van der Waals surface area contributed by atoms with E-state index in [1.807, 2.05) is 46.7 Å². The van der Waals surface area contributed by atoms with Crippen LogP contribution in [0.25, 0.3) is 0 Å². The molecule has 9 heteroatoms. The zero-order valence-corrected chi connectivity index (χ0v) is 23.2. The van der Waals surface area contributed by atoms with Crippen molar-refractivity contribution in [1.82, 2.24) is 10.2 Å². The Kier molecular flexibility index (Phi) is 10.6. The van der Waals surface area contributed by atoms with Crippen LogP contribution in [0.1, 0.15) is 62.3 Å². The molecule has 1 atom stereocenters. The van der Waals surface area contributed by atoms with Crippen molar-refractivity contribution in [2.24, 2.45) is 11.1 Å². The average molecular weight is 547 g/mol. The minimum Gasteiger partial charge on any atom is -0.353 e. The number of rotatable bonds is 8. The van der Waals surface area contributed by atoms with Gasteiger partial charge in [-0.05, 0) is 61.2 Å². The number of nitrogens with one attached hydrogen (secondary N) is 2. The summed E-state index contributed by atoms with van der Waals surface area (Å²) in [5, 5.41) is 8.15. The quantitative estimate of drug-likeness (QED) is 0.459. The Hall–Kier alpha value is -2.42. The zero-order chi connectivity index (χ0) is 25.5. The van der Waals surface area contributed by atoms with Gasteiger partial charge in [-0.25, -0.2) is 0 Å². The number of hydrogen-bond donors (Lipinski definition) is 3. The van der Waals surface area contributed by atoms with Gasteiger partial charge in [-0.3, -0.25) is 14.4 Å². The molecule has 4 rings (SSSR count). The summed E-state index contributed by atoms with van der Waals surface area (Å²) in [5.41, 5.74) is 7.50. The summed E-state index contributed by atoms with van der Waals surface area (Å²) in [7, 11) is 0. The minimum atomic E-state index is -0.568. The number of nitrogens with zero attached hydrogens (tertiary/aromatic N) is 1. The third-order valence-corrected chi connectivity index (χ3v) is 8.49. The molecule has 1 aliphatic carbocycles. The molecule has 4 N–H and O–H groups in total. The second kappa shape index (κ2) is 13.4. The van der Waals surface area contributed by atoms with Crippen LogP contribution in [0.2, 0.25) is 0 Å². The molecular weight excluding hydrogens is 508 g/mol.